The van der Waals surface area contributed by atoms with Crippen molar-refractivity contribution in [3.63, 3.8) is 0 Å². The van der Waals surface area contributed by atoms with E-state index >= 15 is 0 Å². The van der Waals surface area contributed by atoms with Gasteiger partial charge >= 0.3 is 0 Å². The van der Waals surface area contributed by atoms with Crippen LogP contribution in [0.2, 0.25) is 0 Å². The van der Waals surface area contributed by atoms with Crippen LogP contribution in [0, 0.1) is 0 Å². The number of nitrogens with zero attached hydrogens (tertiary/aromatic N) is 7. The standard InChI is InChI=1S/C20H19N7O2/c28-19(14-17-16-8-4-5-9-18(16)29-22-17)25-10-12-26(13-11-25)20-21-23-24-27(20)15-6-2-1-3-7-15/h1-9H,10-14H2. The van der Waals surface area contributed by atoms with Crippen molar-refractivity contribution in [1.29, 1.82) is 0 Å². The Morgan fingerprint density at radius 1 is 0.966 bits per heavy atom. The molecule has 0 unspecified atom stereocenters. The highest BCUT2D eigenvalue weighted by Gasteiger charge is 2.26. The first-order chi connectivity index (χ1) is 14.3. The van der Waals surface area contributed by atoms with Gasteiger partial charge in [-0.15, -0.1) is 0 Å². The van der Waals surface area contributed by atoms with Crippen molar-refractivity contribution in [1.82, 2.24) is 30.3 Å². The summed E-state index contributed by atoms with van der Waals surface area (Å²) in [6.07, 6.45) is 0.235. The molecule has 3 heterocycles. The Morgan fingerprint density at radius 2 is 1.72 bits per heavy atom. The van der Waals surface area contributed by atoms with Gasteiger partial charge in [-0.3, -0.25) is 4.79 Å². The summed E-state index contributed by atoms with van der Waals surface area (Å²) in [6, 6.07) is 17.4. The fraction of sp³-hybridized carbons (Fsp3) is 0.250. The Kier molecular flexibility index (Phi) is 4.39. The van der Waals surface area contributed by atoms with Crippen molar-refractivity contribution >= 4 is 22.8 Å². The number of amides is 1. The minimum atomic E-state index is 0.0476. The average Bonchev–Trinajstić information content (AvgIpc) is 3.42. The van der Waals surface area contributed by atoms with Gasteiger partial charge in [0.05, 0.1) is 12.1 Å². The summed E-state index contributed by atoms with van der Waals surface area (Å²) in [5.41, 5.74) is 2.29. The van der Waals surface area contributed by atoms with E-state index in [0.29, 0.717) is 43.4 Å². The first-order valence-electron chi connectivity index (χ1n) is 9.49. The van der Waals surface area contributed by atoms with Gasteiger partial charge in [0.15, 0.2) is 5.58 Å². The molecule has 1 amide bonds. The lowest BCUT2D eigenvalue weighted by atomic mass is 10.1. The first-order valence-corrected chi connectivity index (χ1v) is 9.49. The zero-order valence-electron chi connectivity index (χ0n) is 15.7. The molecule has 2 aromatic carbocycles. The molecule has 2 aromatic heterocycles. The number of anilines is 1. The van der Waals surface area contributed by atoms with Crippen LogP contribution in [-0.4, -0.2) is 62.4 Å². The molecule has 0 atom stereocenters. The lowest BCUT2D eigenvalue weighted by molar-refractivity contribution is -0.130. The summed E-state index contributed by atoms with van der Waals surface area (Å²) in [6.45, 7) is 2.55. The number of tetrazole rings is 1. The number of hydrogen-bond donors (Lipinski definition) is 0. The van der Waals surface area contributed by atoms with Gasteiger partial charge in [0.25, 0.3) is 0 Å². The Balaban J connectivity index is 1.25. The van der Waals surface area contributed by atoms with Crippen molar-refractivity contribution in [2.45, 2.75) is 6.42 Å². The van der Waals surface area contributed by atoms with E-state index < -0.39 is 0 Å². The van der Waals surface area contributed by atoms with Crippen molar-refractivity contribution in [2.24, 2.45) is 0 Å². The van der Waals surface area contributed by atoms with Crippen molar-refractivity contribution in [2.75, 3.05) is 31.1 Å². The molecule has 4 aromatic rings. The molecule has 0 bridgehead atoms. The number of benzene rings is 2. The summed E-state index contributed by atoms with van der Waals surface area (Å²) in [5, 5.41) is 17.1. The lowest BCUT2D eigenvalue weighted by Gasteiger charge is -2.34. The second-order valence-electron chi connectivity index (χ2n) is 6.90. The molecule has 9 heteroatoms. The maximum absolute atomic E-state index is 12.8. The quantitative estimate of drug-likeness (QED) is 0.524. The maximum Gasteiger partial charge on any atom is 0.250 e. The third kappa shape index (κ3) is 3.31. The van der Waals surface area contributed by atoms with Crippen LogP contribution in [0.3, 0.4) is 0 Å². The molecule has 5 rings (SSSR count). The number of piperazine rings is 1. The predicted octanol–water partition coefficient (Wildman–Crippen LogP) is 1.69. The minimum Gasteiger partial charge on any atom is -0.356 e. The Bertz CT molecular complexity index is 1130. The van der Waals surface area contributed by atoms with E-state index in [1.165, 1.54) is 0 Å². The van der Waals surface area contributed by atoms with Gasteiger partial charge in [0, 0.05) is 31.6 Å². The van der Waals surface area contributed by atoms with Gasteiger partial charge in [0.1, 0.15) is 5.69 Å². The molecule has 1 fully saturated rings. The van der Waals surface area contributed by atoms with E-state index in [1.807, 2.05) is 59.5 Å². The van der Waals surface area contributed by atoms with E-state index in [0.717, 1.165) is 11.1 Å². The van der Waals surface area contributed by atoms with Crippen LogP contribution in [0.5, 0.6) is 0 Å². The molecule has 1 aliphatic rings. The third-order valence-corrected chi connectivity index (χ3v) is 5.14. The molecule has 0 aliphatic carbocycles. The van der Waals surface area contributed by atoms with Crippen molar-refractivity contribution in [3.8, 4) is 5.69 Å². The van der Waals surface area contributed by atoms with Crippen LogP contribution in [0.15, 0.2) is 59.1 Å². The van der Waals surface area contributed by atoms with Crippen LogP contribution in [0.25, 0.3) is 16.7 Å². The SMILES string of the molecule is O=C(Cc1noc2ccccc12)N1CCN(c2nnnn2-c2ccccc2)CC1. The summed E-state index contributed by atoms with van der Waals surface area (Å²) < 4.78 is 7.03. The number of fused-ring (bicyclic) bond motifs is 1. The summed E-state index contributed by atoms with van der Waals surface area (Å²) in [5.74, 6) is 0.733. The molecule has 9 nitrogen and oxygen atoms in total. The summed E-state index contributed by atoms with van der Waals surface area (Å²) >= 11 is 0. The summed E-state index contributed by atoms with van der Waals surface area (Å²) in [4.78, 5) is 16.7. The number of para-hydroxylation sites is 2. The highest BCUT2D eigenvalue weighted by molar-refractivity contribution is 5.86. The highest BCUT2D eigenvalue weighted by Crippen LogP contribution is 2.20. The molecular formula is C20H19N7O2. The van der Waals surface area contributed by atoms with Gasteiger partial charge in [0.2, 0.25) is 11.9 Å². The Morgan fingerprint density at radius 3 is 2.55 bits per heavy atom. The number of hydrogen-bond acceptors (Lipinski definition) is 7. The van der Waals surface area contributed by atoms with Gasteiger partial charge in [-0.05, 0) is 34.7 Å². The second kappa shape index (κ2) is 7.34. The molecule has 146 valence electrons. The average molecular weight is 389 g/mol. The maximum atomic E-state index is 12.8. The molecular weight excluding hydrogens is 370 g/mol. The lowest BCUT2D eigenvalue weighted by Crippen LogP contribution is -2.50. The molecule has 1 aliphatic heterocycles. The minimum absolute atomic E-state index is 0.0476. The number of aromatic nitrogens is 5. The van der Waals surface area contributed by atoms with Crippen LogP contribution in [-0.2, 0) is 11.2 Å². The van der Waals surface area contributed by atoms with Gasteiger partial charge in [-0.1, -0.05) is 40.6 Å². The highest BCUT2D eigenvalue weighted by atomic mass is 16.5. The van der Waals surface area contributed by atoms with Crippen LogP contribution in [0.1, 0.15) is 5.69 Å². The molecule has 0 N–H and O–H groups in total. The molecule has 0 radical (unpaired) electrons. The van der Waals surface area contributed by atoms with Gasteiger partial charge in [-0.2, -0.15) is 4.68 Å². The third-order valence-electron chi connectivity index (χ3n) is 5.14. The van der Waals surface area contributed by atoms with E-state index in [-0.39, 0.29) is 12.3 Å². The second-order valence-corrected chi connectivity index (χ2v) is 6.90. The zero-order valence-corrected chi connectivity index (χ0v) is 15.7. The van der Waals surface area contributed by atoms with Crippen molar-refractivity contribution in [3.05, 3.63) is 60.3 Å². The topological polar surface area (TPSA) is 93.2 Å². The van der Waals surface area contributed by atoms with Crippen LogP contribution >= 0.6 is 0 Å². The van der Waals surface area contributed by atoms with E-state index in [4.69, 9.17) is 4.52 Å². The van der Waals surface area contributed by atoms with Gasteiger partial charge in [-0.25, -0.2) is 0 Å². The first kappa shape index (κ1) is 17.4. The Hall–Kier alpha value is -3.75. The monoisotopic (exact) mass is 389 g/mol. The van der Waals surface area contributed by atoms with Gasteiger partial charge < -0.3 is 14.3 Å². The fourth-order valence-electron chi connectivity index (χ4n) is 3.59. The molecule has 0 spiro atoms. The van der Waals surface area contributed by atoms with E-state index in [1.54, 1.807) is 4.68 Å². The number of carbonyl (C=O) groups excluding carboxylic acids is 1. The van der Waals surface area contributed by atoms with Crippen molar-refractivity contribution < 1.29 is 9.32 Å². The van der Waals surface area contributed by atoms with Crippen LogP contribution < -0.4 is 4.90 Å². The molecule has 0 saturated carbocycles. The normalized spacial score (nSPS) is 14.5. The zero-order chi connectivity index (χ0) is 19.6. The van der Waals surface area contributed by atoms with E-state index in [2.05, 4.69) is 25.6 Å². The molecule has 1 saturated heterocycles. The van der Waals surface area contributed by atoms with E-state index in [9.17, 15) is 4.79 Å². The molecule has 29 heavy (non-hydrogen) atoms. The summed E-state index contributed by atoms with van der Waals surface area (Å²) in [7, 11) is 0. The number of carbonyl (C=O) groups is 1. The largest absolute Gasteiger partial charge is 0.356 e. The predicted molar refractivity (Wildman–Crippen MR) is 106 cm³/mol. The Labute approximate surface area is 166 Å². The fourth-order valence-corrected chi connectivity index (χ4v) is 3.59. The van der Waals surface area contributed by atoms with Crippen LogP contribution in [0.4, 0.5) is 5.95 Å². The number of rotatable bonds is 4. The smallest absolute Gasteiger partial charge is 0.250 e.